The molecule has 4 nitrogen and oxygen atoms in total. The molecule has 1 aromatic rings. The molecule has 2 rings (SSSR count). The van der Waals surface area contributed by atoms with Crippen LogP contribution in [0.15, 0.2) is 30.3 Å². The van der Waals surface area contributed by atoms with E-state index in [9.17, 15) is 4.79 Å². The van der Waals surface area contributed by atoms with Crippen molar-refractivity contribution in [3.63, 3.8) is 0 Å². The summed E-state index contributed by atoms with van der Waals surface area (Å²) < 4.78 is 10.8. The third-order valence-electron chi connectivity index (χ3n) is 4.82. The second-order valence-corrected chi connectivity index (χ2v) is 6.76. The molecule has 0 spiro atoms. The summed E-state index contributed by atoms with van der Waals surface area (Å²) in [7, 11) is 1.71. The van der Waals surface area contributed by atoms with Crippen LogP contribution in [0.3, 0.4) is 0 Å². The highest BCUT2D eigenvalue weighted by molar-refractivity contribution is 5.76. The summed E-state index contributed by atoms with van der Waals surface area (Å²) in [5, 5.41) is 0. The fraction of sp³-hybridized carbons (Fsp3) is 0.650. The lowest BCUT2D eigenvalue weighted by molar-refractivity contribution is -0.135. The van der Waals surface area contributed by atoms with E-state index in [4.69, 9.17) is 9.47 Å². The van der Waals surface area contributed by atoms with Gasteiger partial charge in [0.2, 0.25) is 5.91 Å². The smallest absolute Gasteiger partial charge is 0.226 e. The normalized spacial score (nSPS) is 20.6. The molecule has 0 bridgehead atoms. The Labute approximate surface area is 146 Å². The minimum absolute atomic E-state index is 0.210. The van der Waals surface area contributed by atoms with Crippen molar-refractivity contribution in [2.45, 2.75) is 51.5 Å². The summed E-state index contributed by atoms with van der Waals surface area (Å²) in [6.45, 7) is 4.23. The zero-order valence-corrected chi connectivity index (χ0v) is 15.1. The van der Waals surface area contributed by atoms with Crippen molar-refractivity contribution in [3.05, 3.63) is 30.3 Å². The van der Waals surface area contributed by atoms with E-state index in [2.05, 4.69) is 11.8 Å². The number of carbonyl (C=O) groups is 1. The van der Waals surface area contributed by atoms with Crippen LogP contribution in [0, 0.1) is 5.92 Å². The van der Waals surface area contributed by atoms with Crippen molar-refractivity contribution in [1.82, 2.24) is 4.90 Å². The third kappa shape index (κ3) is 6.16. The van der Waals surface area contributed by atoms with Crippen LogP contribution in [-0.2, 0) is 9.53 Å². The first kappa shape index (κ1) is 18.8. The Balaban J connectivity index is 1.83. The van der Waals surface area contributed by atoms with Gasteiger partial charge in [-0.3, -0.25) is 4.79 Å². The van der Waals surface area contributed by atoms with Crippen molar-refractivity contribution >= 4 is 5.91 Å². The number of hydrogen-bond donors (Lipinski definition) is 0. The largest absolute Gasteiger partial charge is 0.493 e. The highest BCUT2D eigenvalue weighted by atomic mass is 16.5. The van der Waals surface area contributed by atoms with Crippen LogP contribution in [0.4, 0.5) is 0 Å². The molecule has 4 heteroatoms. The van der Waals surface area contributed by atoms with Gasteiger partial charge in [-0.25, -0.2) is 0 Å². The van der Waals surface area contributed by atoms with E-state index in [-0.39, 0.29) is 5.91 Å². The fourth-order valence-electron chi connectivity index (χ4n) is 3.36. The van der Waals surface area contributed by atoms with E-state index in [0.717, 1.165) is 37.5 Å². The molecule has 1 aliphatic rings. The molecule has 0 aromatic heterocycles. The number of benzene rings is 1. The van der Waals surface area contributed by atoms with Crippen LogP contribution in [0.25, 0.3) is 0 Å². The summed E-state index contributed by atoms with van der Waals surface area (Å²) in [5.74, 6) is 1.82. The van der Waals surface area contributed by atoms with Gasteiger partial charge >= 0.3 is 0 Å². The van der Waals surface area contributed by atoms with E-state index < -0.39 is 0 Å². The lowest BCUT2D eigenvalue weighted by atomic mass is 9.86. The van der Waals surface area contributed by atoms with Crippen molar-refractivity contribution in [2.75, 3.05) is 26.9 Å². The summed E-state index contributed by atoms with van der Waals surface area (Å²) in [6, 6.07) is 10.1. The third-order valence-corrected chi connectivity index (χ3v) is 4.82. The standard InChI is InChI=1S/C20H31NO3/c1-17-9-11-18(12-10-17)21(14-6-15-23-2)20(22)13-16-24-19-7-4-3-5-8-19/h3-5,7-8,17-18H,6,9-16H2,1-2H3. The zero-order chi connectivity index (χ0) is 17.2. The first-order valence-electron chi connectivity index (χ1n) is 9.17. The number of amides is 1. The Morgan fingerprint density at radius 3 is 2.50 bits per heavy atom. The maximum Gasteiger partial charge on any atom is 0.226 e. The SMILES string of the molecule is COCCCN(C(=O)CCOc1ccccc1)C1CCC(C)CC1. The number of nitrogens with zero attached hydrogens (tertiary/aromatic N) is 1. The quantitative estimate of drug-likeness (QED) is 0.643. The van der Waals surface area contributed by atoms with E-state index in [1.165, 1.54) is 12.8 Å². The topological polar surface area (TPSA) is 38.8 Å². The van der Waals surface area contributed by atoms with Gasteiger partial charge in [-0.05, 0) is 50.2 Å². The number of para-hydroxylation sites is 1. The maximum absolute atomic E-state index is 12.7. The van der Waals surface area contributed by atoms with Gasteiger partial charge < -0.3 is 14.4 Å². The highest BCUT2D eigenvalue weighted by Gasteiger charge is 2.27. The minimum atomic E-state index is 0.210. The molecule has 0 N–H and O–H groups in total. The Morgan fingerprint density at radius 2 is 1.83 bits per heavy atom. The van der Waals surface area contributed by atoms with Gasteiger partial charge in [-0.1, -0.05) is 25.1 Å². The number of rotatable bonds is 9. The van der Waals surface area contributed by atoms with E-state index >= 15 is 0 Å². The predicted molar refractivity (Wildman–Crippen MR) is 96.2 cm³/mol. The van der Waals surface area contributed by atoms with Crippen molar-refractivity contribution in [2.24, 2.45) is 5.92 Å². The molecule has 0 atom stereocenters. The summed E-state index contributed by atoms with van der Waals surface area (Å²) in [4.78, 5) is 14.8. The Bertz CT molecular complexity index is 469. The molecule has 0 unspecified atom stereocenters. The van der Waals surface area contributed by atoms with E-state index in [0.29, 0.717) is 25.7 Å². The molecule has 134 valence electrons. The van der Waals surface area contributed by atoms with Gasteiger partial charge in [0.25, 0.3) is 0 Å². The summed E-state index contributed by atoms with van der Waals surface area (Å²) in [5.41, 5.74) is 0. The van der Waals surface area contributed by atoms with Crippen molar-refractivity contribution < 1.29 is 14.3 Å². The fourth-order valence-corrected chi connectivity index (χ4v) is 3.36. The second kappa shape index (κ2) is 10.3. The number of hydrogen-bond acceptors (Lipinski definition) is 3. The molecular formula is C20H31NO3. The van der Waals surface area contributed by atoms with E-state index in [1.807, 2.05) is 30.3 Å². The lowest BCUT2D eigenvalue weighted by Gasteiger charge is -2.36. The van der Waals surface area contributed by atoms with Crippen LogP contribution in [-0.4, -0.2) is 43.7 Å². The highest BCUT2D eigenvalue weighted by Crippen LogP contribution is 2.27. The maximum atomic E-state index is 12.7. The predicted octanol–water partition coefficient (Wildman–Crippen LogP) is 3.90. The zero-order valence-electron chi connectivity index (χ0n) is 15.1. The summed E-state index contributed by atoms with van der Waals surface area (Å²) in [6.07, 6.45) is 6.03. The Kier molecular flexibility index (Phi) is 8.10. The number of ether oxygens (including phenoxy) is 2. The Hall–Kier alpha value is -1.55. The average molecular weight is 333 g/mol. The van der Waals surface area contributed by atoms with Crippen LogP contribution in [0.1, 0.15) is 45.4 Å². The van der Waals surface area contributed by atoms with E-state index in [1.54, 1.807) is 7.11 Å². The number of methoxy groups -OCH3 is 1. The lowest BCUT2D eigenvalue weighted by Crippen LogP contribution is -2.43. The monoisotopic (exact) mass is 333 g/mol. The minimum Gasteiger partial charge on any atom is -0.493 e. The van der Waals surface area contributed by atoms with Crippen LogP contribution < -0.4 is 4.74 Å². The van der Waals surface area contributed by atoms with Crippen LogP contribution >= 0.6 is 0 Å². The molecule has 24 heavy (non-hydrogen) atoms. The van der Waals surface area contributed by atoms with Crippen molar-refractivity contribution in [3.8, 4) is 5.75 Å². The van der Waals surface area contributed by atoms with Crippen molar-refractivity contribution in [1.29, 1.82) is 0 Å². The van der Waals surface area contributed by atoms with Gasteiger partial charge in [-0.2, -0.15) is 0 Å². The van der Waals surface area contributed by atoms with Crippen LogP contribution in [0.5, 0.6) is 5.75 Å². The first-order chi connectivity index (χ1) is 11.7. The Morgan fingerprint density at radius 1 is 1.12 bits per heavy atom. The van der Waals surface area contributed by atoms with Gasteiger partial charge in [0, 0.05) is 26.3 Å². The molecule has 1 aromatic carbocycles. The average Bonchev–Trinajstić information content (AvgIpc) is 2.61. The van der Waals surface area contributed by atoms with Gasteiger partial charge in [-0.15, -0.1) is 0 Å². The van der Waals surface area contributed by atoms with Gasteiger partial charge in [0.05, 0.1) is 13.0 Å². The molecule has 1 amide bonds. The van der Waals surface area contributed by atoms with Gasteiger partial charge in [0.1, 0.15) is 5.75 Å². The van der Waals surface area contributed by atoms with Gasteiger partial charge in [0.15, 0.2) is 0 Å². The molecule has 0 saturated heterocycles. The molecule has 1 saturated carbocycles. The molecule has 0 radical (unpaired) electrons. The molecule has 0 aliphatic heterocycles. The molecular weight excluding hydrogens is 302 g/mol. The summed E-state index contributed by atoms with van der Waals surface area (Å²) >= 11 is 0. The molecule has 1 aliphatic carbocycles. The second-order valence-electron chi connectivity index (χ2n) is 6.76. The molecule has 1 fully saturated rings. The first-order valence-corrected chi connectivity index (χ1v) is 9.17. The molecule has 0 heterocycles. The number of carbonyl (C=O) groups excluding carboxylic acids is 1. The van der Waals surface area contributed by atoms with Crippen LogP contribution in [0.2, 0.25) is 0 Å².